The highest BCUT2D eigenvalue weighted by Gasteiger charge is 2.22. The highest BCUT2D eigenvalue weighted by molar-refractivity contribution is 7.89. The molecule has 5 nitrogen and oxygen atoms in total. The van der Waals surface area contributed by atoms with Gasteiger partial charge in [0.05, 0.1) is 17.7 Å². The van der Waals surface area contributed by atoms with Gasteiger partial charge in [0.2, 0.25) is 10.0 Å². The topological polar surface area (TPSA) is 76.5 Å². The summed E-state index contributed by atoms with van der Waals surface area (Å²) >= 11 is 0. The predicted molar refractivity (Wildman–Crippen MR) is 76.4 cm³/mol. The Morgan fingerprint density at radius 3 is 2.65 bits per heavy atom. The molecule has 0 atom stereocenters. The van der Waals surface area contributed by atoms with Gasteiger partial charge in [0.15, 0.2) is 0 Å². The molecule has 0 fully saturated rings. The number of hydrogen-bond acceptors (Lipinski definition) is 4. The summed E-state index contributed by atoms with van der Waals surface area (Å²) in [7, 11) is -2.02. The SMILES string of the molecule is Cc1ccc(S(=O)(=O)N(C)Cc2ccco2)cc1CN. The summed E-state index contributed by atoms with van der Waals surface area (Å²) in [5.74, 6) is 0.599. The molecule has 0 saturated carbocycles. The molecule has 1 heterocycles. The number of nitrogens with zero attached hydrogens (tertiary/aromatic N) is 1. The highest BCUT2D eigenvalue weighted by atomic mass is 32.2. The summed E-state index contributed by atoms with van der Waals surface area (Å²) in [6.07, 6.45) is 1.52. The van der Waals surface area contributed by atoms with E-state index in [0.717, 1.165) is 11.1 Å². The summed E-state index contributed by atoms with van der Waals surface area (Å²) in [6.45, 7) is 2.42. The number of hydrogen-bond donors (Lipinski definition) is 1. The van der Waals surface area contributed by atoms with Crippen LogP contribution < -0.4 is 5.73 Å². The monoisotopic (exact) mass is 294 g/mol. The lowest BCUT2D eigenvalue weighted by molar-refractivity contribution is 0.406. The van der Waals surface area contributed by atoms with E-state index in [9.17, 15) is 8.42 Å². The molecule has 0 bridgehead atoms. The second-order valence-electron chi connectivity index (χ2n) is 4.63. The largest absolute Gasteiger partial charge is 0.468 e. The van der Waals surface area contributed by atoms with Crippen LogP contribution in [0.4, 0.5) is 0 Å². The van der Waals surface area contributed by atoms with E-state index in [0.29, 0.717) is 12.3 Å². The second-order valence-corrected chi connectivity index (χ2v) is 6.68. The zero-order chi connectivity index (χ0) is 14.8. The van der Waals surface area contributed by atoms with Crippen LogP contribution >= 0.6 is 0 Å². The number of nitrogens with two attached hydrogens (primary N) is 1. The Balaban J connectivity index is 2.29. The molecule has 1 aromatic heterocycles. The van der Waals surface area contributed by atoms with Crippen LogP contribution in [-0.4, -0.2) is 19.8 Å². The van der Waals surface area contributed by atoms with Crippen LogP contribution in [0.5, 0.6) is 0 Å². The molecule has 0 saturated heterocycles. The minimum atomic E-state index is -3.55. The fourth-order valence-corrected chi connectivity index (χ4v) is 3.10. The number of furan rings is 1. The van der Waals surface area contributed by atoms with E-state index < -0.39 is 10.0 Å². The van der Waals surface area contributed by atoms with Crippen molar-refractivity contribution in [2.24, 2.45) is 5.73 Å². The third-order valence-corrected chi connectivity index (χ3v) is 5.01. The van der Waals surface area contributed by atoms with Crippen molar-refractivity contribution in [3.05, 3.63) is 53.5 Å². The van der Waals surface area contributed by atoms with Crippen LogP contribution in [0.15, 0.2) is 45.9 Å². The van der Waals surface area contributed by atoms with Crippen molar-refractivity contribution < 1.29 is 12.8 Å². The summed E-state index contributed by atoms with van der Waals surface area (Å²) in [5.41, 5.74) is 7.44. The van der Waals surface area contributed by atoms with Crippen molar-refractivity contribution >= 4 is 10.0 Å². The quantitative estimate of drug-likeness (QED) is 0.913. The van der Waals surface area contributed by atoms with E-state index in [4.69, 9.17) is 10.2 Å². The minimum Gasteiger partial charge on any atom is -0.468 e. The number of benzene rings is 1. The van der Waals surface area contributed by atoms with Crippen LogP contribution in [0.2, 0.25) is 0 Å². The van der Waals surface area contributed by atoms with E-state index in [2.05, 4.69) is 0 Å². The molecule has 0 aliphatic heterocycles. The van der Waals surface area contributed by atoms with Gasteiger partial charge in [0.25, 0.3) is 0 Å². The Labute approximate surface area is 119 Å². The maximum absolute atomic E-state index is 12.5. The highest BCUT2D eigenvalue weighted by Crippen LogP contribution is 2.20. The lowest BCUT2D eigenvalue weighted by Gasteiger charge is -2.17. The average molecular weight is 294 g/mol. The van der Waals surface area contributed by atoms with Gasteiger partial charge in [-0.1, -0.05) is 6.07 Å². The number of sulfonamides is 1. The van der Waals surface area contributed by atoms with E-state index in [1.165, 1.54) is 17.6 Å². The van der Waals surface area contributed by atoms with Crippen LogP contribution in [0.1, 0.15) is 16.9 Å². The summed E-state index contributed by atoms with van der Waals surface area (Å²) in [4.78, 5) is 0.248. The second kappa shape index (κ2) is 5.78. The summed E-state index contributed by atoms with van der Waals surface area (Å²) < 4.78 is 31.4. The molecular weight excluding hydrogens is 276 g/mol. The molecule has 0 amide bonds. The first-order chi connectivity index (χ1) is 9.45. The van der Waals surface area contributed by atoms with Crippen molar-refractivity contribution in [2.75, 3.05) is 7.05 Å². The zero-order valence-corrected chi connectivity index (χ0v) is 12.4. The normalized spacial score (nSPS) is 12.0. The summed E-state index contributed by atoms with van der Waals surface area (Å²) in [5, 5.41) is 0. The zero-order valence-electron chi connectivity index (χ0n) is 11.5. The molecule has 0 aliphatic carbocycles. The van der Waals surface area contributed by atoms with Crippen LogP contribution in [0.25, 0.3) is 0 Å². The first kappa shape index (κ1) is 14.8. The maximum Gasteiger partial charge on any atom is 0.243 e. The van der Waals surface area contributed by atoms with E-state index >= 15 is 0 Å². The Morgan fingerprint density at radius 1 is 1.30 bits per heavy atom. The number of aryl methyl sites for hydroxylation is 1. The number of rotatable bonds is 5. The molecule has 0 spiro atoms. The molecular formula is C14H18N2O3S. The fourth-order valence-electron chi connectivity index (χ4n) is 1.92. The van der Waals surface area contributed by atoms with Crippen molar-refractivity contribution in [2.45, 2.75) is 24.9 Å². The van der Waals surface area contributed by atoms with Crippen molar-refractivity contribution in [3.8, 4) is 0 Å². The molecule has 108 valence electrons. The molecule has 0 radical (unpaired) electrons. The Kier molecular flexibility index (Phi) is 4.27. The molecule has 2 aromatic rings. The van der Waals surface area contributed by atoms with Crippen LogP contribution in [0.3, 0.4) is 0 Å². The first-order valence-corrected chi connectivity index (χ1v) is 7.67. The molecule has 6 heteroatoms. The van der Waals surface area contributed by atoms with Crippen LogP contribution in [-0.2, 0) is 23.1 Å². The first-order valence-electron chi connectivity index (χ1n) is 6.23. The third-order valence-electron chi connectivity index (χ3n) is 3.21. The molecule has 1 aromatic carbocycles. The minimum absolute atomic E-state index is 0.196. The van der Waals surface area contributed by atoms with Gasteiger partial charge in [-0.25, -0.2) is 8.42 Å². The lowest BCUT2D eigenvalue weighted by atomic mass is 10.1. The van der Waals surface area contributed by atoms with Gasteiger partial charge in [-0.2, -0.15) is 4.31 Å². The molecule has 0 unspecified atom stereocenters. The van der Waals surface area contributed by atoms with Gasteiger partial charge in [-0.15, -0.1) is 0 Å². The van der Waals surface area contributed by atoms with E-state index in [1.54, 1.807) is 30.3 Å². The standard InChI is InChI=1S/C14H18N2O3S/c1-11-5-6-14(8-12(11)9-15)20(17,18)16(2)10-13-4-3-7-19-13/h3-8H,9-10,15H2,1-2H3. The van der Waals surface area contributed by atoms with Gasteiger partial charge < -0.3 is 10.2 Å². The molecule has 2 rings (SSSR count). The van der Waals surface area contributed by atoms with Crippen LogP contribution in [0, 0.1) is 6.92 Å². The van der Waals surface area contributed by atoms with Crippen molar-refractivity contribution in [1.29, 1.82) is 0 Å². The van der Waals surface area contributed by atoms with Gasteiger partial charge in [0.1, 0.15) is 5.76 Å². The fraction of sp³-hybridized carbons (Fsp3) is 0.286. The van der Waals surface area contributed by atoms with Crippen molar-refractivity contribution in [3.63, 3.8) is 0 Å². The average Bonchev–Trinajstić information content (AvgIpc) is 2.91. The molecule has 2 N–H and O–H groups in total. The Bertz CT molecular complexity index is 678. The molecule has 20 heavy (non-hydrogen) atoms. The third kappa shape index (κ3) is 2.92. The maximum atomic E-state index is 12.5. The predicted octanol–water partition coefficient (Wildman–Crippen LogP) is 1.87. The summed E-state index contributed by atoms with van der Waals surface area (Å²) in [6, 6.07) is 8.47. The van der Waals surface area contributed by atoms with Gasteiger partial charge in [0, 0.05) is 13.6 Å². The van der Waals surface area contributed by atoms with Gasteiger partial charge in [-0.05, 0) is 42.3 Å². The lowest BCUT2D eigenvalue weighted by Crippen LogP contribution is -2.26. The Morgan fingerprint density at radius 2 is 2.05 bits per heavy atom. The van der Waals surface area contributed by atoms with E-state index in [-0.39, 0.29) is 11.4 Å². The smallest absolute Gasteiger partial charge is 0.243 e. The Hall–Kier alpha value is -1.63. The molecule has 0 aliphatic rings. The van der Waals surface area contributed by atoms with Gasteiger partial charge in [-0.3, -0.25) is 0 Å². The van der Waals surface area contributed by atoms with Gasteiger partial charge >= 0.3 is 0 Å². The van der Waals surface area contributed by atoms with Crippen molar-refractivity contribution in [1.82, 2.24) is 4.31 Å². The van der Waals surface area contributed by atoms with E-state index in [1.807, 2.05) is 6.92 Å².